The second-order valence-corrected chi connectivity index (χ2v) is 8.74. The molecule has 0 unspecified atom stereocenters. The van der Waals surface area contributed by atoms with E-state index in [9.17, 15) is 5.11 Å². The summed E-state index contributed by atoms with van der Waals surface area (Å²) in [7, 11) is 0. The lowest BCUT2D eigenvalue weighted by atomic mass is 9.45. The van der Waals surface area contributed by atoms with E-state index >= 15 is 0 Å². The Balaban J connectivity index is 2.35. The van der Waals surface area contributed by atoms with Crippen LogP contribution in [0.5, 0.6) is 0 Å². The van der Waals surface area contributed by atoms with Crippen LogP contribution in [0.25, 0.3) is 0 Å². The van der Waals surface area contributed by atoms with Gasteiger partial charge in [-0.25, -0.2) is 0 Å². The maximum atomic E-state index is 11.0. The van der Waals surface area contributed by atoms with Gasteiger partial charge in [0.05, 0.1) is 5.60 Å². The van der Waals surface area contributed by atoms with E-state index in [1.165, 1.54) is 31.3 Å². The van der Waals surface area contributed by atoms with Gasteiger partial charge in [0.15, 0.2) is 0 Å². The van der Waals surface area contributed by atoms with Crippen LogP contribution in [-0.2, 0) is 0 Å². The summed E-state index contributed by atoms with van der Waals surface area (Å²) in [6.07, 6.45) is 11.2. The minimum Gasteiger partial charge on any atom is -0.390 e. The van der Waals surface area contributed by atoms with Crippen molar-refractivity contribution in [2.24, 2.45) is 22.7 Å². The van der Waals surface area contributed by atoms with Crippen molar-refractivity contribution >= 4 is 0 Å². The number of hydrogen-bond acceptors (Lipinski definition) is 1. The van der Waals surface area contributed by atoms with E-state index in [2.05, 4.69) is 47.3 Å². The first-order valence-corrected chi connectivity index (χ1v) is 8.65. The molecule has 1 nitrogen and oxygen atoms in total. The lowest BCUT2D eigenvalue weighted by Crippen LogP contribution is -2.57. The van der Waals surface area contributed by atoms with Crippen LogP contribution in [0, 0.1) is 22.7 Å². The van der Waals surface area contributed by atoms with Crippen molar-refractivity contribution in [3.8, 4) is 0 Å². The predicted octanol–water partition coefficient (Wildman–Crippen LogP) is 5.50. The van der Waals surface area contributed by atoms with Crippen molar-refractivity contribution in [3.63, 3.8) is 0 Å². The van der Waals surface area contributed by atoms with Crippen molar-refractivity contribution < 1.29 is 5.11 Å². The van der Waals surface area contributed by atoms with Gasteiger partial charge in [-0.3, -0.25) is 0 Å². The summed E-state index contributed by atoms with van der Waals surface area (Å²) < 4.78 is 0. The van der Waals surface area contributed by atoms with Crippen molar-refractivity contribution in [1.29, 1.82) is 0 Å². The molecule has 0 heterocycles. The number of hydrogen-bond donors (Lipinski definition) is 1. The summed E-state index contributed by atoms with van der Waals surface area (Å²) in [5, 5.41) is 11.0. The molecule has 0 bridgehead atoms. The third-order valence-electron chi connectivity index (χ3n) is 6.76. The molecule has 1 heteroatoms. The monoisotopic (exact) mass is 290 g/mol. The minimum absolute atomic E-state index is 0.265. The van der Waals surface area contributed by atoms with Gasteiger partial charge >= 0.3 is 0 Å². The largest absolute Gasteiger partial charge is 0.390 e. The first kappa shape index (κ1) is 16.8. The highest BCUT2D eigenvalue weighted by Gasteiger charge is 2.57. The Morgan fingerprint density at radius 1 is 1.19 bits per heavy atom. The molecule has 21 heavy (non-hydrogen) atoms. The minimum atomic E-state index is -0.531. The molecule has 0 radical (unpaired) electrons. The molecule has 0 aromatic carbocycles. The molecule has 2 aliphatic carbocycles. The fourth-order valence-corrected chi connectivity index (χ4v) is 5.53. The molecule has 0 saturated heterocycles. The zero-order valence-corrected chi connectivity index (χ0v) is 14.7. The summed E-state index contributed by atoms with van der Waals surface area (Å²) in [4.78, 5) is 0. The number of fused-ring (bicyclic) bond motifs is 1. The van der Waals surface area contributed by atoms with Gasteiger partial charge in [-0.2, -0.15) is 0 Å². The highest BCUT2D eigenvalue weighted by Crippen LogP contribution is 2.62. The van der Waals surface area contributed by atoms with E-state index in [-0.39, 0.29) is 5.41 Å². The molecular formula is C20H34O. The van der Waals surface area contributed by atoms with Gasteiger partial charge in [-0.15, -0.1) is 0 Å². The fourth-order valence-electron chi connectivity index (χ4n) is 5.53. The molecule has 4 atom stereocenters. The normalized spacial score (nSPS) is 43.2. The Hall–Kier alpha value is -0.560. The van der Waals surface area contributed by atoms with E-state index in [4.69, 9.17) is 0 Å². The molecule has 0 spiro atoms. The van der Waals surface area contributed by atoms with Crippen LogP contribution in [0.4, 0.5) is 0 Å². The highest BCUT2D eigenvalue weighted by molar-refractivity contribution is 5.15. The second kappa shape index (κ2) is 5.57. The smallest absolute Gasteiger partial charge is 0.0656 e. The number of allylic oxidation sites excluding steroid dienone is 3. The van der Waals surface area contributed by atoms with Crippen LogP contribution in [0.15, 0.2) is 24.3 Å². The molecule has 0 aromatic heterocycles. The fraction of sp³-hybridized carbons (Fsp3) is 0.800. The van der Waals surface area contributed by atoms with Gasteiger partial charge in [-0.05, 0) is 68.6 Å². The lowest BCUT2D eigenvalue weighted by molar-refractivity contribution is -0.165. The molecule has 0 aromatic rings. The molecule has 1 N–H and O–H groups in total. The van der Waals surface area contributed by atoms with Gasteiger partial charge < -0.3 is 5.11 Å². The van der Waals surface area contributed by atoms with Crippen LogP contribution in [0.1, 0.15) is 73.1 Å². The first-order valence-electron chi connectivity index (χ1n) is 8.65. The number of aliphatic hydroxyl groups is 1. The van der Waals surface area contributed by atoms with E-state index in [1.54, 1.807) is 0 Å². The second-order valence-electron chi connectivity index (χ2n) is 8.74. The Labute approximate surface area is 131 Å². The third kappa shape index (κ3) is 2.99. The average molecular weight is 290 g/mol. The maximum absolute atomic E-state index is 11.0. The van der Waals surface area contributed by atoms with E-state index in [1.807, 2.05) is 6.08 Å². The van der Waals surface area contributed by atoms with E-state index in [0.29, 0.717) is 11.3 Å². The zero-order chi connectivity index (χ0) is 15.9. The summed E-state index contributed by atoms with van der Waals surface area (Å²) in [6, 6.07) is 0. The molecule has 120 valence electrons. The van der Waals surface area contributed by atoms with Crippen LogP contribution >= 0.6 is 0 Å². The van der Waals surface area contributed by atoms with Crippen molar-refractivity contribution in [2.75, 3.05) is 0 Å². The van der Waals surface area contributed by atoms with Crippen LogP contribution in [0.3, 0.4) is 0 Å². The van der Waals surface area contributed by atoms with Gasteiger partial charge in [-0.1, -0.05) is 51.5 Å². The molecule has 0 aliphatic heterocycles. The molecule has 2 rings (SSSR count). The Kier molecular flexibility index (Phi) is 4.46. The molecule has 2 aliphatic rings. The maximum Gasteiger partial charge on any atom is 0.0656 e. The topological polar surface area (TPSA) is 20.2 Å². The Morgan fingerprint density at radius 3 is 2.48 bits per heavy atom. The lowest BCUT2D eigenvalue weighted by Gasteiger charge is -2.61. The zero-order valence-electron chi connectivity index (χ0n) is 14.7. The van der Waals surface area contributed by atoms with Crippen molar-refractivity contribution in [1.82, 2.24) is 0 Å². The predicted molar refractivity (Wildman–Crippen MR) is 91.1 cm³/mol. The third-order valence-corrected chi connectivity index (χ3v) is 6.76. The van der Waals surface area contributed by atoms with Crippen LogP contribution < -0.4 is 0 Å². The summed E-state index contributed by atoms with van der Waals surface area (Å²) >= 11 is 0. The molecule has 0 amide bonds. The number of rotatable bonds is 3. The molecular weight excluding hydrogens is 256 g/mol. The van der Waals surface area contributed by atoms with E-state index < -0.39 is 5.60 Å². The highest BCUT2D eigenvalue weighted by atomic mass is 16.3. The average Bonchev–Trinajstić information content (AvgIpc) is 2.35. The van der Waals surface area contributed by atoms with Gasteiger partial charge in [0.1, 0.15) is 0 Å². The quantitative estimate of drug-likeness (QED) is 0.680. The summed E-state index contributed by atoms with van der Waals surface area (Å²) in [6.45, 7) is 15.4. The van der Waals surface area contributed by atoms with Crippen LogP contribution in [-0.4, -0.2) is 10.7 Å². The van der Waals surface area contributed by atoms with Gasteiger partial charge in [0.25, 0.3) is 0 Å². The summed E-state index contributed by atoms with van der Waals surface area (Å²) in [5.41, 5.74) is 1.38. The molecule has 2 saturated carbocycles. The summed E-state index contributed by atoms with van der Waals surface area (Å²) in [5.74, 6) is 1.10. The van der Waals surface area contributed by atoms with Gasteiger partial charge in [0.2, 0.25) is 0 Å². The standard InChI is InChI=1S/C20H34O/c1-7-15(2)9-10-17-19(5)13-8-12-18(3,4)16(19)11-14-20(17,6)21/h7,9,16-17,21H,1,8,10-14H2,2-6H3/b15-9-/t16-,17+,19-,20-/m0/s1. The SMILES string of the molecule is C=C/C(C)=C\C[C@@H]1[C@@]2(C)CCCC(C)(C)[C@@H]2CC[C@]1(C)O. The van der Waals surface area contributed by atoms with Crippen molar-refractivity contribution in [2.45, 2.75) is 78.7 Å². The molecule has 2 fully saturated rings. The first-order chi connectivity index (χ1) is 9.63. The Morgan fingerprint density at radius 2 is 1.86 bits per heavy atom. The Bertz CT molecular complexity index is 429. The van der Waals surface area contributed by atoms with Gasteiger partial charge in [0, 0.05) is 0 Å². The van der Waals surface area contributed by atoms with E-state index in [0.717, 1.165) is 18.8 Å². The van der Waals surface area contributed by atoms with Crippen molar-refractivity contribution in [3.05, 3.63) is 24.3 Å². The van der Waals surface area contributed by atoms with Crippen LogP contribution in [0.2, 0.25) is 0 Å².